The summed E-state index contributed by atoms with van der Waals surface area (Å²) in [5, 5.41) is 9.86. The third kappa shape index (κ3) is 1.81. The van der Waals surface area contributed by atoms with Gasteiger partial charge in [-0.1, -0.05) is 0 Å². The van der Waals surface area contributed by atoms with Gasteiger partial charge >= 0.3 is 12.0 Å². The lowest BCUT2D eigenvalue weighted by molar-refractivity contribution is -0.137. The van der Waals surface area contributed by atoms with Gasteiger partial charge in [-0.2, -0.15) is 0 Å². The first-order chi connectivity index (χ1) is 5.09. The predicted octanol–water partition coefficient (Wildman–Crippen LogP) is -1.10. The first kappa shape index (κ1) is 7.80. The van der Waals surface area contributed by atoms with Gasteiger partial charge in [0, 0.05) is 7.05 Å². The van der Waals surface area contributed by atoms with Gasteiger partial charge in [-0.05, 0) is 0 Å². The first-order valence-electron chi connectivity index (χ1n) is 3.08. The van der Waals surface area contributed by atoms with Gasteiger partial charge in [0.2, 0.25) is 0 Å². The first-order valence-corrected chi connectivity index (χ1v) is 3.08. The van der Waals surface area contributed by atoms with Gasteiger partial charge in [0.05, 0.1) is 6.67 Å². The second-order valence-electron chi connectivity index (χ2n) is 2.35. The molecule has 0 saturated carbocycles. The Bertz CT molecular complexity index is 193. The van der Waals surface area contributed by atoms with Crippen LogP contribution in [0.1, 0.15) is 0 Å². The van der Waals surface area contributed by atoms with Crippen molar-refractivity contribution in [3.05, 3.63) is 0 Å². The standard InChI is InChI=1S/C5H9N3O3/c1-7-3-8(2-4(9)10)5(11)6-7/h2-3H2,1H3,(H,6,11)(H,9,10). The fourth-order valence-electron chi connectivity index (χ4n) is 0.875. The van der Waals surface area contributed by atoms with Gasteiger partial charge in [-0.15, -0.1) is 0 Å². The second-order valence-corrected chi connectivity index (χ2v) is 2.35. The van der Waals surface area contributed by atoms with Gasteiger partial charge < -0.3 is 5.11 Å². The fourth-order valence-corrected chi connectivity index (χ4v) is 0.875. The number of urea groups is 1. The van der Waals surface area contributed by atoms with Crippen molar-refractivity contribution in [2.24, 2.45) is 0 Å². The molecular formula is C5H9N3O3. The van der Waals surface area contributed by atoms with Crippen molar-refractivity contribution in [1.29, 1.82) is 0 Å². The van der Waals surface area contributed by atoms with Crippen molar-refractivity contribution in [2.75, 3.05) is 20.3 Å². The smallest absolute Gasteiger partial charge is 0.333 e. The highest BCUT2D eigenvalue weighted by Crippen LogP contribution is 1.98. The highest BCUT2D eigenvalue weighted by Gasteiger charge is 2.25. The van der Waals surface area contributed by atoms with Gasteiger partial charge in [0.25, 0.3) is 0 Å². The Morgan fingerprint density at radius 3 is 2.82 bits per heavy atom. The number of amides is 2. The number of aliphatic carboxylic acids is 1. The molecule has 11 heavy (non-hydrogen) atoms. The zero-order valence-corrected chi connectivity index (χ0v) is 6.07. The van der Waals surface area contributed by atoms with Crippen molar-refractivity contribution >= 4 is 12.0 Å². The van der Waals surface area contributed by atoms with E-state index in [1.54, 1.807) is 7.05 Å². The second kappa shape index (κ2) is 2.75. The number of hydrazine groups is 1. The monoisotopic (exact) mass is 159 g/mol. The number of nitrogens with one attached hydrogen (secondary N) is 1. The molecule has 6 nitrogen and oxygen atoms in total. The molecule has 1 aliphatic heterocycles. The maximum atomic E-state index is 10.8. The maximum absolute atomic E-state index is 10.8. The average molecular weight is 159 g/mol. The number of carbonyl (C=O) groups is 2. The van der Waals surface area contributed by atoms with E-state index in [2.05, 4.69) is 5.43 Å². The summed E-state index contributed by atoms with van der Waals surface area (Å²) in [4.78, 5) is 22.2. The zero-order chi connectivity index (χ0) is 8.43. The molecule has 62 valence electrons. The third-order valence-corrected chi connectivity index (χ3v) is 1.28. The highest BCUT2D eigenvalue weighted by atomic mass is 16.4. The van der Waals surface area contributed by atoms with Crippen molar-refractivity contribution in [3.63, 3.8) is 0 Å². The summed E-state index contributed by atoms with van der Waals surface area (Å²) in [6, 6.07) is -0.366. The van der Waals surface area contributed by atoms with E-state index in [0.717, 1.165) is 0 Å². The van der Waals surface area contributed by atoms with Crippen LogP contribution >= 0.6 is 0 Å². The van der Waals surface area contributed by atoms with E-state index >= 15 is 0 Å². The Morgan fingerprint density at radius 2 is 2.45 bits per heavy atom. The molecule has 0 aromatic rings. The Labute approximate surface area is 63.4 Å². The third-order valence-electron chi connectivity index (χ3n) is 1.28. The molecule has 6 heteroatoms. The van der Waals surface area contributed by atoms with Crippen LogP contribution < -0.4 is 5.43 Å². The topological polar surface area (TPSA) is 72.9 Å². The van der Waals surface area contributed by atoms with Gasteiger partial charge in [0.1, 0.15) is 6.54 Å². The summed E-state index contributed by atoms with van der Waals surface area (Å²) in [6.45, 7) is 0.0569. The molecule has 0 spiro atoms. The van der Waals surface area contributed by atoms with E-state index in [0.29, 0.717) is 6.67 Å². The molecule has 0 unspecified atom stereocenters. The van der Waals surface area contributed by atoms with Crippen LogP contribution in [0.3, 0.4) is 0 Å². The van der Waals surface area contributed by atoms with Crippen LogP contribution in [0.2, 0.25) is 0 Å². The highest BCUT2D eigenvalue weighted by molar-refractivity contribution is 5.80. The zero-order valence-electron chi connectivity index (χ0n) is 6.07. The predicted molar refractivity (Wildman–Crippen MR) is 35.5 cm³/mol. The van der Waals surface area contributed by atoms with Crippen molar-refractivity contribution in [3.8, 4) is 0 Å². The molecule has 0 bridgehead atoms. The Kier molecular flexibility index (Phi) is 1.95. The van der Waals surface area contributed by atoms with Crippen LogP contribution in [0.5, 0.6) is 0 Å². The fraction of sp³-hybridized carbons (Fsp3) is 0.600. The number of carboxylic acid groups (broad SMARTS) is 1. The molecule has 0 aliphatic carbocycles. The summed E-state index contributed by atoms with van der Waals surface area (Å²) in [5.74, 6) is -1.00. The normalized spacial score (nSPS) is 18.6. The molecule has 2 amide bonds. The molecule has 1 saturated heterocycles. The summed E-state index contributed by atoms with van der Waals surface area (Å²) in [6.07, 6.45) is 0. The minimum atomic E-state index is -1.00. The number of rotatable bonds is 2. The van der Waals surface area contributed by atoms with Crippen LogP contribution in [0, 0.1) is 0 Å². The molecular weight excluding hydrogens is 150 g/mol. The lowest BCUT2D eigenvalue weighted by Crippen LogP contribution is -2.32. The quantitative estimate of drug-likeness (QED) is 0.536. The summed E-state index contributed by atoms with van der Waals surface area (Å²) < 4.78 is 0. The van der Waals surface area contributed by atoms with E-state index in [1.807, 2.05) is 0 Å². The molecule has 0 aromatic carbocycles. The SMILES string of the molecule is CN1CN(CC(=O)O)C(=O)N1. The lowest BCUT2D eigenvalue weighted by atomic mass is 10.6. The number of nitrogens with zero attached hydrogens (tertiary/aromatic N) is 2. The lowest BCUT2D eigenvalue weighted by Gasteiger charge is -2.09. The Morgan fingerprint density at radius 1 is 1.82 bits per heavy atom. The molecule has 1 rings (SSSR count). The largest absolute Gasteiger partial charge is 0.480 e. The van der Waals surface area contributed by atoms with Crippen molar-refractivity contribution in [1.82, 2.24) is 15.3 Å². The minimum Gasteiger partial charge on any atom is -0.480 e. The average Bonchev–Trinajstić information content (AvgIpc) is 2.09. The van der Waals surface area contributed by atoms with E-state index in [-0.39, 0.29) is 12.6 Å². The Balaban J connectivity index is 2.47. The molecule has 0 atom stereocenters. The van der Waals surface area contributed by atoms with E-state index in [4.69, 9.17) is 5.11 Å². The van der Waals surface area contributed by atoms with Crippen LogP contribution in [0.4, 0.5) is 4.79 Å². The van der Waals surface area contributed by atoms with Crippen LogP contribution in [-0.2, 0) is 4.79 Å². The molecule has 1 aliphatic rings. The number of carbonyl (C=O) groups excluding carboxylic acids is 1. The summed E-state index contributed by atoms with van der Waals surface area (Å²) in [7, 11) is 1.67. The van der Waals surface area contributed by atoms with Gasteiger partial charge in [-0.3, -0.25) is 15.1 Å². The van der Waals surface area contributed by atoms with Crippen molar-refractivity contribution < 1.29 is 14.7 Å². The minimum absolute atomic E-state index is 0.254. The van der Waals surface area contributed by atoms with Gasteiger partial charge in [-0.25, -0.2) is 9.80 Å². The van der Waals surface area contributed by atoms with Crippen LogP contribution in [-0.4, -0.2) is 47.3 Å². The number of hydrogen-bond acceptors (Lipinski definition) is 3. The van der Waals surface area contributed by atoms with E-state index in [9.17, 15) is 9.59 Å². The molecule has 1 heterocycles. The van der Waals surface area contributed by atoms with Crippen molar-refractivity contribution in [2.45, 2.75) is 0 Å². The van der Waals surface area contributed by atoms with Crippen LogP contribution in [0.25, 0.3) is 0 Å². The summed E-state index contributed by atoms with van der Waals surface area (Å²) >= 11 is 0. The van der Waals surface area contributed by atoms with Gasteiger partial charge in [0.15, 0.2) is 0 Å². The Hall–Kier alpha value is -1.30. The number of hydrogen-bond donors (Lipinski definition) is 2. The summed E-state index contributed by atoms with van der Waals surface area (Å²) in [5.41, 5.74) is 2.43. The molecule has 1 fully saturated rings. The maximum Gasteiger partial charge on any atom is 0.333 e. The molecule has 0 aromatic heterocycles. The van der Waals surface area contributed by atoms with Crippen LogP contribution in [0.15, 0.2) is 0 Å². The molecule has 2 N–H and O–H groups in total. The molecule has 0 radical (unpaired) electrons. The number of carboxylic acids is 1. The van der Waals surface area contributed by atoms with E-state index < -0.39 is 5.97 Å². The van der Waals surface area contributed by atoms with E-state index in [1.165, 1.54) is 9.91 Å².